The molecule has 0 aliphatic carbocycles. The summed E-state index contributed by atoms with van der Waals surface area (Å²) in [4.78, 5) is 26.6. The molecule has 6 nitrogen and oxygen atoms in total. The van der Waals surface area contributed by atoms with Crippen LogP contribution in [0, 0.1) is 0 Å². The number of thiophene rings is 2. The van der Waals surface area contributed by atoms with Crippen LogP contribution in [0.15, 0.2) is 60.7 Å². The number of carbonyl (C=O) groups is 2. The number of fused-ring (bicyclic) bond motifs is 2. The largest absolute Gasteiger partial charge is 0.497 e. The summed E-state index contributed by atoms with van der Waals surface area (Å²) in [7, 11) is 3.18. The van der Waals surface area contributed by atoms with Crippen molar-refractivity contribution in [2.75, 3.05) is 24.9 Å². The van der Waals surface area contributed by atoms with Crippen LogP contribution in [0.25, 0.3) is 20.2 Å². The lowest BCUT2D eigenvalue weighted by atomic mass is 10.2. The van der Waals surface area contributed by atoms with Gasteiger partial charge in [0.1, 0.15) is 21.3 Å². The Bertz CT molecular complexity index is 1510. The molecule has 10 heteroatoms. The van der Waals surface area contributed by atoms with E-state index in [1.54, 1.807) is 50.6 Å². The van der Waals surface area contributed by atoms with Crippen LogP contribution < -0.4 is 20.1 Å². The van der Waals surface area contributed by atoms with Crippen LogP contribution in [0.5, 0.6) is 11.5 Å². The SMILES string of the molecule is COc1ccc2c(Cl)c(C(=O)Nc3ccc(NC(=O)c4sc5cc(OC)ccc5c4Cl)cc3)sc2c1. The van der Waals surface area contributed by atoms with Crippen molar-refractivity contribution in [2.24, 2.45) is 0 Å². The van der Waals surface area contributed by atoms with Crippen LogP contribution in [-0.2, 0) is 0 Å². The second-order valence-electron chi connectivity index (χ2n) is 7.70. The number of hydrogen-bond donors (Lipinski definition) is 2. The molecule has 0 aliphatic heterocycles. The van der Waals surface area contributed by atoms with Gasteiger partial charge in [-0.25, -0.2) is 0 Å². The molecule has 2 amide bonds. The van der Waals surface area contributed by atoms with Crippen LogP contribution in [-0.4, -0.2) is 26.0 Å². The number of amides is 2. The van der Waals surface area contributed by atoms with Gasteiger partial charge in [0.05, 0.1) is 24.3 Å². The molecule has 5 aromatic rings. The second-order valence-corrected chi connectivity index (χ2v) is 10.6. The predicted octanol–water partition coefficient (Wildman–Crippen LogP) is 7.94. The Balaban J connectivity index is 1.29. The van der Waals surface area contributed by atoms with E-state index in [0.717, 1.165) is 20.2 Å². The molecule has 0 unspecified atom stereocenters. The third-order valence-corrected chi connectivity index (χ3v) is 8.80. The molecule has 0 atom stereocenters. The minimum absolute atomic E-state index is 0.315. The zero-order valence-corrected chi connectivity index (χ0v) is 22.1. The van der Waals surface area contributed by atoms with Crippen LogP contribution in [0.2, 0.25) is 10.0 Å². The van der Waals surface area contributed by atoms with Crippen molar-refractivity contribution < 1.29 is 19.1 Å². The quantitative estimate of drug-likeness (QED) is 0.222. The van der Waals surface area contributed by atoms with Crippen molar-refractivity contribution in [3.05, 3.63) is 80.5 Å². The van der Waals surface area contributed by atoms with Gasteiger partial charge in [-0.15, -0.1) is 22.7 Å². The average molecular weight is 557 g/mol. The zero-order chi connectivity index (χ0) is 25.4. The highest BCUT2D eigenvalue weighted by Crippen LogP contribution is 2.39. The molecule has 182 valence electrons. The molecule has 0 saturated heterocycles. The van der Waals surface area contributed by atoms with E-state index in [9.17, 15) is 9.59 Å². The number of ether oxygens (including phenoxy) is 2. The minimum atomic E-state index is -0.315. The molecule has 2 heterocycles. The molecule has 0 saturated carbocycles. The predicted molar refractivity (Wildman–Crippen MR) is 149 cm³/mol. The summed E-state index contributed by atoms with van der Waals surface area (Å²) < 4.78 is 12.2. The molecular weight excluding hydrogens is 539 g/mol. The average Bonchev–Trinajstić information content (AvgIpc) is 3.41. The lowest BCUT2D eigenvalue weighted by molar-refractivity contribution is 0.102. The standard InChI is InChI=1S/C26H18Cl2N2O4S2/c1-33-15-7-9-17-19(11-15)35-23(21(17)27)25(31)29-13-3-5-14(6-4-13)30-26(32)24-22(28)18-10-8-16(34-2)12-20(18)36-24/h3-12H,1-2H3,(H,29,31)(H,30,32). The van der Waals surface area contributed by atoms with E-state index in [2.05, 4.69) is 10.6 Å². The number of carbonyl (C=O) groups excluding carboxylic acids is 2. The first-order chi connectivity index (χ1) is 17.4. The highest BCUT2D eigenvalue weighted by molar-refractivity contribution is 7.22. The molecular formula is C26H18Cl2N2O4S2. The fourth-order valence-electron chi connectivity index (χ4n) is 3.65. The Morgan fingerprint density at radius 2 is 1.06 bits per heavy atom. The lowest BCUT2D eigenvalue weighted by Crippen LogP contribution is -2.12. The van der Waals surface area contributed by atoms with Crippen LogP contribution in [0.1, 0.15) is 19.3 Å². The second kappa shape index (κ2) is 9.99. The summed E-state index contributed by atoms with van der Waals surface area (Å²) in [5.41, 5.74) is 1.13. The van der Waals surface area contributed by atoms with Crippen molar-refractivity contribution in [3.8, 4) is 11.5 Å². The maximum absolute atomic E-state index is 12.9. The smallest absolute Gasteiger partial charge is 0.267 e. The summed E-state index contributed by atoms with van der Waals surface area (Å²) in [5, 5.41) is 8.09. The topological polar surface area (TPSA) is 76.7 Å². The third-order valence-electron chi connectivity index (χ3n) is 5.49. The first kappa shape index (κ1) is 24.4. The first-order valence-corrected chi connectivity index (χ1v) is 13.0. The molecule has 3 aromatic carbocycles. The van der Waals surface area contributed by atoms with Gasteiger partial charge >= 0.3 is 0 Å². The molecule has 0 radical (unpaired) electrons. The van der Waals surface area contributed by atoms with E-state index in [1.807, 2.05) is 24.3 Å². The van der Waals surface area contributed by atoms with Crippen molar-refractivity contribution >= 4 is 89.2 Å². The van der Waals surface area contributed by atoms with Gasteiger partial charge in [0.2, 0.25) is 0 Å². The zero-order valence-electron chi connectivity index (χ0n) is 19.0. The Labute approximate surface area is 224 Å². The number of rotatable bonds is 6. The molecule has 2 N–H and O–H groups in total. The van der Waals surface area contributed by atoms with Crippen molar-refractivity contribution in [3.63, 3.8) is 0 Å². The Morgan fingerprint density at radius 3 is 1.42 bits per heavy atom. The number of halogens is 2. The summed E-state index contributed by atoms with van der Waals surface area (Å²) in [6.07, 6.45) is 0. The molecule has 36 heavy (non-hydrogen) atoms. The van der Waals surface area contributed by atoms with Crippen molar-refractivity contribution in [1.82, 2.24) is 0 Å². The summed E-state index contributed by atoms with van der Waals surface area (Å²) >= 11 is 15.5. The molecule has 5 rings (SSSR count). The normalized spacial score (nSPS) is 11.0. The van der Waals surface area contributed by atoms with Gasteiger partial charge < -0.3 is 20.1 Å². The Kier molecular flexibility index (Phi) is 6.77. The Morgan fingerprint density at radius 1 is 0.667 bits per heavy atom. The van der Waals surface area contributed by atoms with E-state index < -0.39 is 0 Å². The summed E-state index contributed by atoms with van der Waals surface area (Å²) in [5.74, 6) is 0.761. The summed E-state index contributed by atoms with van der Waals surface area (Å²) in [6, 6.07) is 17.8. The van der Waals surface area contributed by atoms with Gasteiger partial charge in [-0.2, -0.15) is 0 Å². The number of nitrogens with one attached hydrogen (secondary N) is 2. The molecule has 0 bridgehead atoms. The van der Waals surface area contributed by atoms with E-state index in [1.165, 1.54) is 22.7 Å². The van der Waals surface area contributed by atoms with Gasteiger partial charge in [0.25, 0.3) is 11.8 Å². The highest BCUT2D eigenvalue weighted by atomic mass is 35.5. The molecule has 0 spiro atoms. The minimum Gasteiger partial charge on any atom is -0.497 e. The van der Waals surface area contributed by atoms with Gasteiger partial charge in [0, 0.05) is 31.5 Å². The maximum Gasteiger partial charge on any atom is 0.267 e. The van der Waals surface area contributed by atoms with Crippen LogP contribution in [0.4, 0.5) is 11.4 Å². The van der Waals surface area contributed by atoms with Gasteiger partial charge in [0.15, 0.2) is 0 Å². The van der Waals surface area contributed by atoms with E-state index in [0.29, 0.717) is 42.7 Å². The van der Waals surface area contributed by atoms with Crippen LogP contribution in [0.3, 0.4) is 0 Å². The van der Waals surface area contributed by atoms with E-state index >= 15 is 0 Å². The molecule has 0 fully saturated rings. The van der Waals surface area contributed by atoms with E-state index in [4.69, 9.17) is 32.7 Å². The lowest BCUT2D eigenvalue weighted by Gasteiger charge is -2.07. The van der Waals surface area contributed by atoms with Crippen LogP contribution >= 0.6 is 45.9 Å². The van der Waals surface area contributed by atoms with Gasteiger partial charge in [-0.05, 0) is 60.7 Å². The van der Waals surface area contributed by atoms with Gasteiger partial charge in [-0.3, -0.25) is 9.59 Å². The number of anilines is 2. The maximum atomic E-state index is 12.9. The summed E-state index contributed by atoms with van der Waals surface area (Å²) in [6.45, 7) is 0. The molecule has 0 aliphatic rings. The fourth-order valence-corrected chi connectivity index (χ4v) is 6.53. The van der Waals surface area contributed by atoms with Crippen molar-refractivity contribution in [1.29, 1.82) is 0 Å². The number of hydrogen-bond acceptors (Lipinski definition) is 6. The number of methoxy groups -OCH3 is 2. The van der Waals surface area contributed by atoms with Gasteiger partial charge in [-0.1, -0.05) is 23.2 Å². The van der Waals surface area contributed by atoms with E-state index in [-0.39, 0.29) is 11.8 Å². The fraction of sp³-hybridized carbons (Fsp3) is 0.0769. The molecule has 2 aromatic heterocycles. The van der Waals surface area contributed by atoms with Crippen molar-refractivity contribution in [2.45, 2.75) is 0 Å². The highest BCUT2D eigenvalue weighted by Gasteiger charge is 2.19. The third kappa shape index (κ3) is 4.60. The Hall–Kier alpha value is -3.30. The monoisotopic (exact) mass is 556 g/mol. The number of benzene rings is 3. The first-order valence-electron chi connectivity index (χ1n) is 10.6.